The van der Waals surface area contributed by atoms with Gasteiger partial charge in [0.25, 0.3) is 0 Å². The minimum atomic E-state index is -0.395. The highest BCUT2D eigenvalue weighted by Crippen LogP contribution is 2.15. The molecule has 1 N–H and O–H groups in total. The summed E-state index contributed by atoms with van der Waals surface area (Å²) in [6.45, 7) is 9.90. The van der Waals surface area contributed by atoms with E-state index in [2.05, 4.69) is 10.2 Å². The molecule has 1 aliphatic rings. The average molecular weight is 200 g/mol. The molecule has 1 heterocycles. The molecule has 1 fully saturated rings. The van der Waals surface area contributed by atoms with Crippen molar-refractivity contribution in [2.75, 3.05) is 32.9 Å². The maximum atomic E-state index is 11.4. The molecule has 0 atom stereocenters. The van der Waals surface area contributed by atoms with Gasteiger partial charge in [-0.2, -0.15) is 0 Å². The van der Waals surface area contributed by atoms with Crippen LogP contribution in [0.2, 0.25) is 0 Å². The molecule has 0 bridgehead atoms. The van der Waals surface area contributed by atoms with Crippen LogP contribution in [0, 0.1) is 5.41 Å². The van der Waals surface area contributed by atoms with E-state index in [1.165, 1.54) is 0 Å². The first-order valence-electron chi connectivity index (χ1n) is 5.10. The molecule has 0 aromatic carbocycles. The lowest BCUT2D eigenvalue weighted by Crippen LogP contribution is -2.45. The number of carbonyl (C=O) groups is 1. The van der Waals surface area contributed by atoms with E-state index in [0.717, 1.165) is 26.2 Å². The summed E-state index contributed by atoms with van der Waals surface area (Å²) >= 11 is 0. The van der Waals surface area contributed by atoms with Gasteiger partial charge in [-0.15, -0.1) is 0 Å². The fourth-order valence-electron chi connectivity index (χ4n) is 1.21. The van der Waals surface area contributed by atoms with Crippen LogP contribution in [0.3, 0.4) is 0 Å². The van der Waals surface area contributed by atoms with E-state index >= 15 is 0 Å². The largest absolute Gasteiger partial charge is 0.449 e. The van der Waals surface area contributed by atoms with Crippen LogP contribution in [-0.4, -0.2) is 43.8 Å². The van der Waals surface area contributed by atoms with E-state index in [0.29, 0.717) is 6.73 Å². The number of esters is 1. The molecule has 0 spiro atoms. The van der Waals surface area contributed by atoms with Crippen molar-refractivity contribution in [3.63, 3.8) is 0 Å². The molecule has 0 unspecified atom stereocenters. The van der Waals surface area contributed by atoms with Gasteiger partial charge < -0.3 is 10.1 Å². The number of carbonyl (C=O) groups excluding carboxylic acids is 1. The van der Waals surface area contributed by atoms with Crippen LogP contribution in [0.5, 0.6) is 0 Å². The number of nitrogens with one attached hydrogen (secondary N) is 1. The quantitative estimate of drug-likeness (QED) is 0.657. The zero-order chi connectivity index (χ0) is 10.6. The Bertz CT molecular complexity index is 193. The Morgan fingerprint density at radius 2 is 1.93 bits per heavy atom. The molecular formula is C10H20N2O2. The number of nitrogens with zero attached hydrogens (tertiary/aromatic N) is 1. The van der Waals surface area contributed by atoms with Crippen molar-refractivity contribution in [3.05, 3.63) is 0 Å². The van der Waals surface area contributed by atoms with E-state index in [-0.39, 0.29) is 5.97 Å². The molecule has 4 nitrogen and oxygen atoms in total. The highest BCUT2D eigenvalue weighted by molar-refractivity contribution is 5.75. The molecule has 82 valence electrons. The van der Waals surface area contributed by atoms with Crippen LogP contribution >= 0.6 is 0 Å². The summed E-state index contributed by atoms with van der Waals surface area (Å²) in [5.74, 6) is -0.129. The second kappa shape index (κ2) is 4.75. The normalized spacial score (nSPS) is 19.4. The minimum absolute atomic E-state index is 0.129. The van der Waals surface area contributed by atoms with E-state index in [1.54, 1.807) is 0 Å². The third kappa shape index (κ3) is 3.64. The molecule has 1 aliphatic heterocycles. The van der Waals surface area contributed by atoms with E-state index < -0.39 is 5.41 Å². The minimum Gasteiger partial charge on any atom is -0.449 e. The van der Waals surface area contributed by atoms with Gasteiger partial charge in [-0.25, -0.2) is 0 Å². The van der Waals surface area contributed by atoms with Gasteiger partial charge in [-0.1, -0.05) is 0 Å². The highest BCUT2D eigenvalue weighted by atomic mass is 16.5. The van der Waals surface area contributed by atoms with Gasteiger partial charge in [0.15, 0.2) is 0 Å². The van der Waals surface area contributed by atoms with Gasteiger partial charge in [0, 0.05) is 26.2 Å². The van der Waals surface area contributed by atoms with Gasteiger partial charge in [-0.3, -0.25) is 9.69 Å². The standard InChI is InChI=1S/C10H20N2O2/c1-10(2,3)9(13)14-8-12-6-4-11-5-7-12/h11H,4-8H2,1-3H3. The number of rotatable bonds is 2. The van der Waals surface area contributed by atoms with Crippen molar-refractivity contribution in [1.82, 2.24) is 10.2 Å². The fourth-order valence-corrected chi connectivity index (χ4v) is 1.21. The molecule has 1 saturated heterocycles. The summed E-state index contributed by atoms with van der Waals surface area (Å²) in [7, 11) is 0. The molecule has 14 heavy (non-hydrogen) atoms. The summed E-state index contributed by atoms with van der Waals surface area (Å²) < 4.78 is 5.21. The van der Waals surface area contributed by atoms with Crippen molar-refractivity contribution in [2.24, 2.45) is 5.41 Å². The Morgan fingerprint density at radius 3 is 2.43 bits per heavy atom. The van der Waals surface area contributed by atoms with Crippen LogP contribution < -0.4 is 5.32 Å². The molecule has 0 aromatic rings. The predicted molar refractivity (Wildman–Crippen MR) is 54.9 cm³/mol. The summed E-state index contributed by atoms with van der Waals surface area (Å²) in [5.41, 5.74) is -0.395. The molecule has 0 aromatic heterocycles. The van der Waals surface area contributed by atoms with Crippen molar-refractivity contribution >= 4 is 5.97 Å². The first-order chi connectivity index (χ1) is 6.50. The number of hydrogen-bond donors (Lipinski definition) is 1. The number of hydrogen-bond acceptors (Lipinski definition) is 4. The van der Waals surface area contributed by atoms with Crippen molar-refractivity contribution in [3.8, 4) is 0 Å². The third-order valence-corrected chi connectivity index (χ3v) is 2.20. The zero-order valence-corrected chi connectivity index (χ0v) is 9.30. The van der Waals surface area contributed by atoms with Crippen LogP contribution in [0.4, 0.5) is 0 Å². The Kier molecular flexibility index (Phi) is 3.89. The molecule has 0 amide bonds. The predicted octanol–water partition coefficient (Wildman–Crippen LogP) is 0.438. The highest BCUT2D eigenvalue weighted by Gasteiger charge is 2.23. The van der Waals surface area contributed by atoms with Gasteiger partial charge >= 0.3 is 5.97 Å². The van der Waals surface area contributed by atoms with Crippen molar-refractivity contribution in [2.45, 2.75) is 20.8 Å². The Hall–Kier alpha value is -0.610. The zero-order valence-electron chi connectivity index (χ0n) is 9.30. The van der Waals surface area contributed by atoms with E-state index in [4.69, 9.17) is 4.74 Å². The monoisotopic (exact) mass is 200 g/mol. The molecule has 0 aliphatic carbocycles. The third-order valence-electron chi connectivity index (χ3n) is 2.20. The number of ether oxygens (including phenoxy) is 1. The van der Waals surface area contributed by atoms with Crippen molar-refractivity contribution in [1.29, 1.82) is 0 Å². The number of piperazine rings is 1. The first kappa shape index (κ1) is 11.5. The maximum Gasteiger partial charge on any atom is 0.312 e. The molecule has 0 radical (unpaired) electrons. The van der Waals surface area contributed by atoms with Crippen LogP contribution in [0.25, 0.3) is 0 Å². The Balaban J connectivity index is 2.22. The Morgan fingerprint density at radius 1 is 1.36 bits per heavy atom. The molecular weight excluding hydrogens is 180 g/mol. The van der Waals surface area contributed by atoms with E-state index in [9.17, 15) is 4.79 Å². The maximum absolute atomic E-state index is 11.4. The SMILES string of the molecule is CC(C)(C)C(=O)OCN1CCNCC1. The Labute approximate surface area is 85.6 Å². The second-order valence-corrected chi connectivity index (χ2v) is 4.68. The molecule has 4 heteroatoms. The van der Waals surface area contributed by atoms with Crippen LogP contribution in [0.15, 0.2) is 0 Å². The van der Waals surface area contributed by atoms with Gasteiger partial charge in [0.1, 0.15) is 6.73 Å². The summed E-state index contributed by atoms with van der Waals surface area (Å²) in [6.07, 6.45) is 0. The lowest BCUT2D eigenvalue weighted by molar-refractivity contribution is -0.158. The summed E-state index contributed by atoms with van der Waals surface area (Å²) in [6, 6.07) is 0. The molecule has 1 rings (SSSR count). The van der Waals surface area contributed by atoms with Crippen molar-refractivity contribution < 1.29 is 9.53 Å². The molecule has 0 saturated carbocycles. The van der Waals surface area contributed by atoms with Crippen LogP contribution in [0.1, 0.15) is 20.8 Å². The lowest BCUT2D eigenvalue weighted by atomic mass is 9.98. The van der Waals surface area contributed by atoms with Gasteiger partial charge in [0.2, 0.25) is 0 Å². The van der Waals surface area contributed by atoms with E-state index in [1.807, 2.05) is 20.8 Å². The fraction of sp³-hybridized carbons (Fsp3) is 0.900. The smallest absolute Gasteiger partial charge is 0.312 e. The average Bonchev–Trinajstić information content (AvgIpc) is 2.14. The summed E-state index contributed by atoms with van der Waals surface area (Å²) in [5, 5.41) is 3.25. The lowest BCUT2D eigenvalue weighted by Gasteiger charge is -2.27. The first-order valence-corrected chi connectivity index (χ1v) is 5.10. The van der Waals surface area contributed by atoms with Gasteiger partial charge in [0.05, 0.1) is 5.41 Å². The summed E-state index contributed by atoms with van der Waals surface area (Å²) in [4.78, 5) is 13.6. The van der Waals surface area contributed by atoms with Gasteiger partial charge in [-0.05, 0) is 20.8 Å². The van der Waals surface area contributed by atoms with Crippen LogP contribution in [-0.2, 0) is 9.53 Å². The topological polar surface area (TPSA) is 41.6 Å². The second-order valence-electron chi connectivity index (χ2n) is 4.68.